The van der Waals surface area contributed by atoms with Crippen molar-refractivity contribution >= 4 is 40.9 Å². The Balaban J connectivity index is 1.11. The minimum Gasteiger partial charge on any atom is -0.508 e. The highest BCUT2D eigenvalue weighted by molar-refractivity contribution is 6.42. The molecule has 4 aliphatic heterocycles. The minimum atomic E-state index is -0.655. The van der Waals surface area contributed by atoms with E-state index in [0.717, 1.165) is 41.5 Å². The van der Waals surface area contributed by atoms with Gasteiger partial charge in [0.2, 0.25) is 11.8 Å². The number of fused-ring (bicyclic) bond motifs is 4. The van der Waals surface area contributed by atoms with Gasteiger partial charge in [-0.15, -0.1) is 0 Å². The lowest BCUT2D eigenvalue weighted by atomic mass is 10.00. The number of hydrogen-bond acceptors (Lipinski definition) is 6. The Morgan fingerprint density at radius 1 is 0.857 bits per heavy atom. The largest absolute Gasteiger partial charge is 0.508 e. The first kappa shape index (κ1) is 35.2. The number of hydrogen-bond donors (Lipinski definition) is 2. The number of piperazine rings is 2. The van der Waals surface area contributed by atoms with Gasteiger partial charge in [0, 0.05) is 63.3 Å². The molecule has 3 amide bonds. The van der Waals surface area contributed by atoms with E-state index in [0.29, 0.717) is 67.7 Å². The highest BCUT2D eigenvalue weighted by Gasteiger charge is 2.41. The van der Waals surface area contributed by atoms with E-state index in [1.165, 1.54) is 0 Å². The van der Waals surface area contributed by atoms with E-state index in [2.05, 4.69) is 4.90 Å². The van der Waals surface area contributed by atoms with Gasteiger partial charge in [0.15, 0.2) is 0 Å². The van der Waals surface area contributed by atoms with Crippen molar-refractivity contribution in [2.24, 2.45) is 5.73 Å². The maximum Gasteiger partial charge on any atom is 0.254 e. The molecule has 0 spiro atoms. The van der Waals surface area contributed by atoms with E-state index in [4.69, 9.17) is 28.9 Å². The molecule has 7 rings (SSSR count). The molecular weight excluding hydrogens is 661 g/mol. The topological polar surface area (TPSA) is 110 Å². The van der Waals surface area contributed by atoms with Crippen LogP contribution in [0.3, 0.4) is 0 Å². The number of amides is 3. The van der Waals surface area contributed by atoms with Gasteiger partial charge in [-0.25, -0.2) is 0 Å². The monoisotopic (exact) mass is 705 g/mol. The van der Waals surface area contributed by atoms with Crippen molar-refractivity contribution in [3.05, 3.63) is 98.5 Å². The third kappa shape index (κ3) is 8.07. The van der Waals surface area contributed by atoms with Gasteiger partial charge in [0.05, 0.1) is 22.1 Å². The summed E-state index contributed by atoms with van der Waals surface area (Å²) in [7, 11) is 0. The molecule has 2 bridgehead atoms. The summed E-state index contributed by atoms with van der Waals surface area (Å²) >= 11 is 12.7. The maximum absolute atomic E-state index is 14.0. The molecule has 0 radical (unpaired) electrons. The fourth-order valence-corrected chi connectivity index (χ4v) is 8.09. The van der Waals surface area contributed by atoms with E-state index >= 15 is 0 Å². The number of nitrogens with two attached hydrogens (primary N) is 1. The molecule has 4 heterocycles. The summed E-state index contributed by atoms with van der Waals surface area (Å²) in [6.45, 7) is 7.08. The van der Waals surface area contributed by atoms with E-state index in [1.807, 2.05) is 52.8 Å². The van der Waals surface area contributed by atoms with Crippen LogP contribution in [-0.4, -0.2) is 99.8 Å². The van der Waals surface area contributed by atoms with Crippen LogP contribution in [-0.2, 0) is 16.0 Å². The molecule has 9 nitrogen and oxygen atoms in total. The molecule has 4 unspecified atom stereocenters. The molecule has 11 heteroatoms. The summed E-state index contributed by atoms with van der Waals surface area (Å²) in [5.41, 5.74) is 10.9. The Morgan fingerprint density at radius 3 is 2.29 bits per heavy atom. The van der Waals surface area contributed by atoms with Gasteiger partial charge in [-0.05, 0) is 87.1 Å². The van der Waals surface area contributed by atoms with Gasteiger partial charge in [-0.2, -0.15) is 0 Å². The zero-order valence-corrected chi connectivity index (χ0v) is 29.7. The third-order valence-electron chi connectivity index (χ3n) is 10.3. The summed E-state index contributed by atoms with van der Waals surface area (Å²) in [5, 5.41) is 10.4. The number of halogens is 2. The second-order valence-electron chi connectivity index (χ2n) is 13.9. The van der Waals surface area contributed by atoms with Crippen LogP contribution in [0.4, 0.5) is 0 Å². The van der Waals surface area contributed by atoms with Crippen molar-refractivity contribution in [2.75, 3.05) is 39.3 Å². The van der Waals surface area contributed by atoms with Crippen LogP contribution in [0.25, 0.3) is 0 Å². The van der Waals surface area contributed by atoms with Crippen molar-refractivity contribution in [3.63, 3.8) is 0 Å². The van der Waals surface area contributed by atoms with Crippen LogP contribution in [0.5, 0.6) is 5.75 Å². The summed E-state index contributed by atoms with van der Waals surface area (Å²) in [4.78, 5) is 49.3. The Kier molecular flexibility index (Phi) is 10.8. The van der Waals surface area contributed by atoms with Gasteiger partial charge in [-0.3, -0.25) is 19.3 Å². The van der Waals surface area contributed by atoms with Crippen LogP contribution >= 0.6 is 23.2 Å². The second-order valence-corrected chi connectivity index (χ2v) is 14.7. The summed E-state index contributed by atoms with van der Waals surface area (Å²) in [5.74, 6) is 0.117. The summed E-state index contributed by atoms with van der Waals surface area (Å²) in [6, 6.07) is 17.3. The molecule has 4 saturated heterocycles. The average molecular weight is 707 g/mol. The lowest BCUT2D eigenvalue weighted by Crippen LogP contribution is -2.61. The Bertz CT molecular complexity index is 1680. The average Bonchev–Trinajstić information content (AvgIpc) is 3.42. The molecule has 260 valence electrons. The van der Waals surface area contributed by atoms with Gasteiger partial charge in [-0.1, -0.05) is 58.6 Å². The highest BCUT2D eigenvalue weighted by atomic mass is 35.5. The Morgan fingerprint density at radius 2 is 1.57 bits per heavy atom. The van der Waals surface area contributed by atoms with E-state index < -0.39 is 6.04 Å². The number of phenolic OH excluding ortho intramolecular Hbond substituents is 1. The summed E-state index contributed by atoms with van der Waals surface area (Å²) in [6.07, 6.45) is 3.64. The van der Waals surface area contributed by atoms with Gasteiger partial charge >= 0.3 is 0 Å². The Labute approximate surface area is 298 Å². The smallest absolute Gasteiger partial charge is 0.254 e. The molecule has 49 heavy (non-hydrogen) atoms. The highest BCUT2D eigenvalue weighted by Crippen LogP contribution is 2.33. The van der Waals surface area contributed by atoms with E-state index in [1.54, 1.807) is 36.4 Å². The molecule has 4 aliphatic rings. The minimum absolute atomic E-state index is 0.0264. The zero-order chi connectivity index (χ0) is 34.8. The van der Waals surface area contributed by atoms with Crippen molar-refractivity contribution in [2.45, 2.75) is 70.1 Å². The second kappa shape index (κ2) is 15.1. The molecule has 3 aromatic rings. The van der Waals surface area contributed by atoms with Crippen molar-refractivity contribution < 1.29 is 19.5 Å². The van der Waals surface area contributed by atoms with Gasteiger partial charge in [0.25, 0.3) is 5.91 Å². The fraction of sp³-hybridized carbons (Fsp3) is 0.447. The molecular formula is C38H45Cl2N5O4. The van der Waals surface area contributed by atoms with Crippen LogP contribution in [0.15, 0.2) is 60.7 Å². The fourth-order valence-electron chi connectivity index (χ4n) is 7.78. The first-order chi connectivity index (χ1) is 23.5. The van der Waals surface area contributed by atoms with Crippen LogP contribution < -0.4 is 5.73 Å². The Hall–Kier alpha value is -3.63. The number of carbonyl (C=O) groups is 3. The number of phenols is 1. The number of rotatable bonds is 8. The van der Waals surface area contributed by atoms with E-state index in [-0.39, 0.29) is 41.6 Å². The van der Waals surface area contributed by atoms with Crippen LogP contribution in [0.1, 0.15) is 64.3 Å². The number of carbonyl (C=O) groups excluding carboxylic acids is 3. The predicted octanol–water partition coefficient (Wildman–Crippen LogP) is 5.37. The van der Waals surface area contributed by atoms with Crippen molar-refractivity contribution in [1.29, 1.82) is 0 Å². The SMILES string of the molecule is Cc1cc(C)cc(C(=O)N2CCN(C(=O)CCN3CC4CCCC3CN4C(=O)C(N)Cc3ccc(O)cc3)C(c3ccc(Cl)c(Cl)c3)C2)c1. The normalized spacial score (nSPS) is 21.8. The maximum atomic E-state index is 14.0. The molecule has 0 saturated carbocycles. The van der Waals surface area contributed by atoms with Gasteiger partial charge in [0.1, 0.15) is 5.75 Å². The lowest BCUT2D eigenvalue weighted by molar-refractivity contribution is -0.140. The quantitative estimate of drug-likeness (QED) is 0.326. The predicted molar refractivity (Wildman–Crippen MR) is 192 cm³/mol. The van der Waals surface area contributed by atoms with Crippen LogP contribution in [0, 0.1) is 13.8 Å². The molecule has 4 atom stereocenters. The van der Waals surface area contributed by atoms with E-state index in [9.17, 15) is 19.5 Å². The molecule has 0 aliphatic carbocycles. The molecule has 3 aromatic carbocycles. The zero-order valence-electron chi connectivity index (χ0n) is 28.2. The first-order valence-electron chi connectivity index (χ1n) is 17.2. The van der Waals surface area contributed by atoms with Gasteiger partial charge < -0.3 is 25.5 Å². The molecule has 4 fully saturated rings. The third-order valence-corrected chi connectivity index (χ3v) is 11.0. The number of nitrogens with zero attached hydrogens (tertiary/aromatic N) is 4. The standard InChI is InChI=1S/C38H45Cl2N5O4/c1-24-16-25(2)18-28(17-24)37(48)43-14-15-44(35(23-43)27-8-11-32(39)33(40)20-27)36(47)12-13-42-21-30-5-3-4-29(42)22-45(30)38(49)34(41)19-26-6-9-31(46)10-7-26/h6-11,16-18,20,29-30,34-35,46H,3-5,12-15,19,21-23,41H2,1-2H3. The summed E-state index contributed by atoms with van der Waals surface area (Å²) < 4.78 is 0. The lowest BCUT2D eigenvalue weighted by Gasteiger charge is -2.45. The number of benzene rings is 3. The number of aryl methyl sites for hydroxylation is 2. The first-order valence-corrected chi connectivity index (χ1v) is 17.9. The molecule has 0 aromatic heterocycles. The van der Waals surface area contributed by atoms with Crippen molar-refractivity contribution in [3.8, 4) is 5.75 Å². The van der Waals surface area contributed by atoms with Crippen molar-refractivity contribution in [1.82, 2.24) is 19.6 Å². The van der Waals surface area contributed by atoms with Crippen LogP contribution in [0.2, 0.25) is 10.0 Å². The number of aromatic hydroxyl groups is 1. The molecule has 3 N–H and O–H groups in total.